The van der Waals surface area contributed by atoms with Crippen LogP contribution < -0.4 is 22.2 Å². The van der Waals surface area contributed by atoms with Gasteiger partial charge in [-0.1, -0.05) is 24.3 Å². The summed E-state index contributed by atoms with van der Waals surface area (Å²) in [6.07, 6.45) is 3.48. The van der Waals surface area contributed by atoms with Gasteiger partial charge in [0.2, 0.25) is 5.91 Å². The number of anilines is 1. The predicted molar refractivity (Wildman–Crippen MR) is 143 cm³/mol. The van der Waals surface area contributed by atoms with E-state index < -0.39 is 30.2 Å². The number of nitrogens with one attached hydrogen (secondary N) is 1. The molecule has 4 rings (SSSR count). The van der Waals surface area contributed by atoms with E-state index in [0.29, 0.717) is 22.3 Å². The zero-order valence-corrected chi connectivity index (χ0v) is 21.6. The van der Waals surface area contributed by atoms with Crippen molar-refractivity contribution in [1.29, 1.82) is 0 Å². The molecule has 1 aliphatic rings. The van der Waals surface area contributed by atoms with Crippen molar-refractivity contribution in [2.45, 2.75) is 51.4 Å². The lowest BCUT2D eigenvalue weighted by Gasteiger charge is -2.32. The molecule has 1 fully saturated rings. The highest BCUT2D eigenvalue weighted by Crippen LogP contribution is 2.37. The molecule has 1 aromatic heterocycles. The van der Waals surface area contributed by atoms with Crippen LogP contribution in [-0.2, 0) is 30.2 Å². The fraction of sp³-hybridized carbons (Fsp3) is 0.370. The summed E-state index contributed by atoms with van der Waals surface area (Å²) in [5.41, 5.74) is 13.1. The van der Waals surface area contributed by atoms with Gasteiger partial charge in [0.1, 0.15) is 6.61 Å². The van der Waals surface area contributed by atoms with Gasteiger partial charge in [0.25, 0.3) is 0 Å². The quantitative estimate of drug-likeness (QED) is 0.314. The van der Waals surface area contributed by atoms with Crippen LogP contribution in [0.4, 0.5) is 5.69 Å². The number of carbonyl (C=O) groups excluding carboxylic acids is 2. The molecule has 0 aliphatic carbocycles. The van der Waals surface area contributed by atoms with Crippen molar-refractivity contribution in [3.63, 3.8) is 0 Å². The Labute approximate surface area is 217 Å². The van der Waals surface area contributed by atoms with E-state index in [1.54, 1.807) is 18.5 Å². The number of esters is 1. The number of rotatable bonds is 8. The van der Waals surface area contributed by atoms with Gasteiger partial charge in [0.05, 0.1) is 23.7 Å². The average molecular weight is 504 g/mol. The van der Waals surface area contributed by atoms with Crippen LogP contribution in [0.15, 0.2) is 54.9 Å². The Morgan fingerprint density at radius 3 is 2.43 bits per heavy atom. The third-order valence-corrected chi connectivity index (χ3v) is 7.10. The lowest BCUT2D eigenvalue weighted by molar-refractivity contribution is -0.143. The second-order valence-corrected chi connectivity index (χ2v) is 10.1. The summed E-state index contributed by atoms with van der Waals surface area (Å²) in [5.74, 6) is -1.39. The van der Waals surface area contributed by atoms with Gasteiger partial charge in [0.15, 0.2) is 0 Å². The van der Waals surface area contributed by atoms with Crippen LogP contribution in [0.25, 0.3) is 10.8 Å². The normalized spacial score (nSPS) is 17.0. The Bertz CT molecular complexity index is 1300. The summed E-state index contributed by atoms with van der Waals surface area (Å²) in [6, 6.07) is 13.0. The third kappa shape index (κ3) is 5.67. The minimum atomic E-state index is -0.716. The monoisotopic (exact) mass is 504 g/mol. The van der Waals surface area contributed by atoms with E-state index in [0.717, 1.165) is 10.8 Å². The molecule has 37 heavy (non-hydrogen) atoms. The predicted octanol–water partition coefficient (Wildman–Crippen LogP) is 2.22. The molecule has 1 saturated heterocycles. The maximum Gasteiger partial charge on any atom is 0.495 e. The van der Waals surface area contributed by atoms with Crippen LogP contribution >= 0.6 is 0 Å². The molecule has 3 aromatic rings. The molecule has 0 saturated carbocycles. The molecule has 1 atom stereocenters. The highest BCUT2D eigenvalue weighted by Gasteiger charge is 2.52. The van der Waals surface area contributed by atoms with E-state index in [9.17, 15) is 9.59 Å². The second-order valence-electron chi connectivity index (χ2n) is 10.1. The lowest BCUT2D eigenvalue weighted by atomic mass is 9.74. The van der Waals surface area contributed by atoms with E-state index in [-0.39, 0.29) is 25.6 Å². The summed E-state index contributed by atoms with van der Waals surface area (Å²) in [6.45, 7) is 7.71. The molecule has 0 spiro atoms. The van der Waals surface area contributed by atoms with Gasteiger partial charge in [-0.15, -0.1) is 0 Å². The van der Waals surface area contributed by atoms with Crippen LogP contribution in [0.5, 0.6) is 0 Å². The molecule has 0 radical (unpaired) electrons. The van der Waals surface area contributed by atoms with E-state index >= 15 is 0 Å². The SMILES string of the molecule is CC1(C)OB(c2cc(C(CN)C(=O)Nc3ccc4cnccc4c3)ccc2COC(=O)CN)OC1(C)C. The van der Waals surface area contributed by atoms with E-state index in [4.69, 9.17) is 25.5 Å². The number of nitrogens with two attached hydrogens (primary N) is 2. The number of hydrogen-bond donors (Lipinski definition) is 3. The van der Waals surface area contributed by atoms with Crippen molar-refractivity contribution in [3.05, 3.63) is 66.0 Å². The van der Waals surface area contributed by atoms with Crippen molar-refractivity contribution in [3.8, 4) is 0 Å². The Morgan fingerprint density at radius 2 is 1.76 bits per heavy atom. The summed E-state index contributed by atoms with van der Waals surface area (Å²) >= 11 is 0. The second kappa shape index (κ2) is 10.6. The van der Waals surface area contributed by atoms with Gasteiger partial charge in [0, 0.05) is 30.0 Å². The smallest absolute Gasteiger partial charge is 0.460 e. The maximum absolute atomic E-state index is 13.3. The molecule has 0 bridgehead atoms. The van der Waals surface area contributed by atoms with Gasteiger partial charge >= 0.3 is 13.1 Å². The first-order valence-corrected chi connectivity index (χ1v) is 12.2. The number of hydrogen-bond acceptors (Lipinski definition) is 8. The summed E-state index contributed by atoms with van der Waals surface area (Å²) in [7, 11) is -0.716. The van der Waals surface area contributed by atoms with Crippen molar-refractivity contribution in [2.24, 2.45) is 11.5 Å². The van der Waals surface area contributed by atoms with Crippen molar-refractivity contribution < 1.29 is 23.6 Å². The molecule has 194 valence electrons. The number of pyridine rings is 1. The van der Waals surface area contributed by atoms with E-state index in [2.05, 4.69) is 10.3 Å². The standard InChI is InChI=1S/C27H33BN4O5/c1-26(2)27(3,4)37-28(36-26)23-12-18(5-6-20(23)16-35-24(33)14-30)22(13-29)25(34)32-21-8-7-19-15-31-10-9-17(19)11-21/h5-12,15,22H,13-14,16,29-30H2,1-4H3,(H,32,34). The number of aromatic nitrogens is 1. The van der Waals surface area contributed by atoms with Crippen LogP contribution in [0.3, 0.4) is 0 Å². The highest BCUT2D eigenvalue weighted by molar-refractivity contribution is 6.62. The molecule has 2 aromatic carbocycles. The molecule has 9 nitrogen and oxygen atoms in total. The summed E-state index contributed by atoms with van der Waals surface area (Å²) < 4.78 is 17.8. The largest absolute Gasteiger partial charge is 0.495 e. The first-order valence-electron chi connectivity index (χ1n) is 12.2. The molecular weight excluding hydrogens is 471 g/mol. The van der Waals surface area contributed by atoms with Gasteiger partial charge < -0.3 is 30.8 Å². The Hall–Kier alpha value is -3.31. The molecule has 1 amide bonds. The highest BCUT2D eigenvalue weighted by atomic mass is 16.7. The number of nitrogens with zero attached hydrogens (tertiary/aromatic N) is 1. The number of amides is 1. The van der Waals surface area contributed by atoms with Crippen LogP contribution in [-0.4, -0.2) is 48.3 Å². The fourth-order valence-corrected chi connectivity index (χ4v) is 4.15. The minimum Gasteiger partial charge on any atom is -0.460 e. The average Bonchev–Trinajstić information content (AvgIpc) is 3.09. The Balaban J connectivity index is 1.63. The lowest BCUT2D eigenvalue weighted by Crippen LogP contribution is -2.41. The fourth-order valence-electron chi connectivity index (χ4n) is 4.15. The maximum atomic E-state index is 13.3. The topological polar surface area (TPSA) is 139 Å². The van der Waals surface area contributed by atoms with E-state index in [1.165, 1.54) is 0 Å². The zero-order valence-electron chi connectivity index (χ0n) is 21.6. The molecule has 2 heterocycles. The van der Waals surface area contributed by atoms with Crippen molar-refractivity contribution >= 4 is 40.9 Å². The Kier molecular flexibility index (Phi) is 7.65. The Morgan fingerprint density at radius 1 is 1.03 bits per heavy atom. The van der Waals surface area contributed by atoms with Crippen LogP contribution in [0.2, 0.25) is 0 Å². The first-order chi connectivity index (χ1) is 17.5. The minimum absolute atomic E-state index is 0.00115. The van der Waals surface area contributed by atoms with Crippen LogP contribution in [0, 0.1) is 0 Å². The molecule has 1 aliphatic heterocycles. The third-order valence-electron chi connectivity index (χ3n) is 7.10. The molecule has 10 heteroatoms. The van der Waals surface area contributed by atoms with Gasteiger partial charge in [-0.05, 0) is 67.9 Å². The molecule has 5 N–H and O–H groups in total. The van der Waals surface area contributed by atoms with Gasteiger partial charge in [-0.2, -0.15) is 0 Å². The number of carbonyl (C=O) groups is 2. The first kappa shape index (κ1) is 26.7. The number of benzene rings is 2. The van der Waals surface area contributed by atoms with E-state index in [1.807, 2.05) is 64.1 Å². The van der Waals surface area contributed by atoms with Crippen molar-refractivity contribution in [2.75, 3.05) is 18.4 Å². The van der Waals surface area contributed by atoms with Crippen molar-refractivity contribution in [1.82, 2.24) is 4.98 Å². The number of ether oxygens (including phenoxy) is 1. The van der Waals surface area contributed by atoms with Crippen LogP contribution in [0.1, 0.15) is 44.7 Å². The summed E-state index contributed by atoms with van der Waals surface area (Å²) in [4.78, 5) is 29.1. The molecular formula is C27H33BN4O5. The van der Waals surface area contributed by atoms with Gasteiger partial charge in [-0.3, -0.25) is 14.6 Å². The summed E-state index contributed by atoms with van der Waals surface area (Å²) in [5, 5.41) is 4.93. The zero-order chi connectivity index (χ0) is 26.8. The van der Waals surface area contributed by atoms with Gasteiger partial charge in [-0.25, -0.2) is 0 Å². The molecule has 1 unspecified atom stereocenters. The number of fused-ring (bicyclic) bond motifs is 1.